The lowest BCUT2D eigenvalue weighted by atomic mass is 9.98. The number of nitrogens with zero attached hydrogens (tertiary/aromatic N) is 2. The summed E-state index contributed by atoms with van der Waals surface area (Å²) in [4.78, 5) is 2.45. The number of hydrogen-bond donors (Lipinski definition) is 0. The van der Waals surface area contributed by atoms with E-state index in [9.17, 15) is 0 Å². The topological polar surface area (TPSA) is 8.17 Å². The Morgan fingerprint density at radius 3 is 1.65 bits per heavy atom. The second-order valence-electron chi connectivity index (χ2n) is 16.1. The minimum Gasteiger partial charge on any atom is -0.310 e. The standard InChI is InChI=1S/C60H40N2S/c1-4-17-41(18-5-1)43-31-34-46(35-32-43)61(55-28-13-11-24-50(55)53-26-16-27-54-52-25-12-15-30-59(52)63-60(53)54)47-36-38-51-49-23-10-14-29-56(49)62(58(51)40-47)57-39-45(42-19-6-2-7-20-42)33-37-48(57)44-21-8-3-9-22-44/h1-40H. The maximum Gasteiger partial charge on any atom is 0.0562 e. The Morgan fingerprint density at radius 2 is 0.873 bits per heavy atom. The number of benzene rings is 10. The smallest absolute Gasteiger partial charge is 0.0562 e. The van der Waals surface area contributed by atoms with Crippen LogP contribution in [0, 0.1) is 0 Å². The monoisotopic (exact) mass is 820 g/mol. The van der Waals surface area contributed by atoms with Gasteiger partial charge in [0.15, 0.2) is 0 Å². The predicted octanol–water partition coefficient (Wildman–Crippen LogP) is 17.3. The molecule has 12 rings (SSSR count). The molecular weight excluding hydrogens is 781 g/mol. The summed E-state index contributed by atoms with van der Waals surface area (Å²) in [5.74, 6) is 0. The van der Waals surface area contributed by atoms with Gasteiger partial charge >= 0.3 is 0 Å². The van der Waals surface area contributed by atoms with Gasteiger partial charge < -0.3 is 9.47 Å². The van der Waals surface area contributed by atoms with Crippen molar-refractivity contribution < 1.29 is 0 Å². The van der Waals surface area contributed by atoms with Crippen LogP contribution >= 0.6 is 11.3 Å². The highest BCUT2D eigenvalue weighted by Gasteiger charge is 2.23. The Bertz CT molecular complexity index is 3600. The van der Waals surface area contributed by atoms with E-state index in [0.29, 0.717) is 0 Å². The molecule has 0 atom stereocenters. The summed E-state index contributed by atoms with van der Waals surface area (Å²) in [7, 11) is 0. The van der Waals surface area contributed by atoms with E-state index in [4.69, 9.17) is 0 Å². The third-order valence-corrected chi connectivity index (χ3v) is 13.6. The van der Waals surface area contributed by atoms with Crippen LogP contribution in [0.5, 0.6) is 0 Å². The van der Waals surface area contributed by atoms with Crippen molar-refractivity contribution in [2.24, 2.45) is 0 Å². The number of thiophene rings is 1. The van der Waals surface area contributed by atoms with E-state index in [1.165, 1.54) is 81.0 Å². The van der Waals surface area contributed by atoms with Crippen LogP contribution in [0.15, 0.2) is 243 Å². The second-order valence-corrected chi connectivity index (χ2v) is 17.1. The highest BCUT2D eigenvalue weighted by atomic mass is 32.1. The van der Waals surface area contributed by atoms with E-state index >= 15 is 0 Å². The summed E-state index contributed by atoms with van der Waals surface area (Å²) in [5.41, 5.74) is 16.3. The second kappa shape index (κ2) is 15.5. The lowest BCUT2D eigenvalue weighted by molar-refractivity contribution is 1.18. The first-order chi connectivity index (χ1) is 31.3. The van der Waals surface area contributed by atoms with E-state index in [1.54, 1.807) is 0 Å². The summed E-state index contributed by atoms with van der Waals surface area (Å²) in [6.45, 7) is 0. The van der Waals surface area contributed by atoms with Crippen LogP contribution in [-0.2, 0) is 0 Å². The molecule has 2 heterocycles. The molecule has 0 aliphatic heterocycles. The van der Waals surface area contributed by atoms with Gasteiger partial charge in [0.2, 0.25) is 0 Å². The summed E-state index contributed by atoms with van der Waals surface area (Å²) in [6, 6.07) is 88.5. The fourth-order valence-electron chi connectivity index (χ4n) is 9.46. The average Bonchev–Trinajstić information content (AvgIpc) is 3.91. The van der Waals surface area contributed by atoms with Crippen LogP contribution in [0.25, 0.3) is 92.2 Å². The molecule has 63 heavy (non-hydrogen) atoms. The van der Waals surface area contributed by atoms with Gasteiger partial charge in [-0.05, 0) is 76.3 Å². The van der Waals surface area contributed by atoms with Gasteiger partial charge in [-0.25, -0.2) is 0 Å². The van der Waals surface area contributed by atoms with E-state index < -0.39 is 0 Å². The first kappa shape index (κ1) is 36.8. The molecule has 2 nitrogen and oxygen atoms in total. The Balaban J connectivity index is 1.12. The van der Waals surface area contributed by atoms with Crippen molar-refractivity contribution >= 4 is 70.4 Å². The van der Waals surface area contributed by atoms with Gasteiger partial charge in [0, 0.05) is 59.0 Å². The molecule has 0 saturated heterocycles. The molecular formula is C60H40N2S. The van der Waals surface area contributed by atoms with Gasteiger partial charge in [-0.2, -0.15) is 0 Å². The van der Waals surface area contributed by atoms with Crippen LogP contribution in [-0.4, -0.2) is 4.57 Å². The number of para-hydroxylation sites is 2. The van der Waals surface area contributed by atoms with Gasteiger partial charge in [-0.15, -0.1) is 11.3 Å². The van der Waals surface area contributed by atoms with Crippen LogP contribution in [0.1, 0.15) is 0 Å². The van der Waals surface area contributed by atoms with Crippen molar-refractivity contribution in [1.82, 2.24) is 4.57 Å². The number of rotatable bonds is 8. The maximum absolute atomic E-state index is 2.49. The molecule has 3 heteroatoms. The van der Waals surface area contributed by atoms with Crippen molar-refractivity contribution in [3.05, 3.63) is 243 Å². The molecule has 0 bridgehead atoms. The van der Waals surface area contributed by atoms with E-state index in [0.717, 1.165) is 28.3 Å². The van der Waals surface area contributed by atoms with Gasteiger partial charge in [-0.3, -0.25) is 0 Å². The highest BCUT2D eigenvalue weighted by molar-refractivity contribution is 7.26. The Morgan fingerprint density at radius 1 is 0.317 bits per heavy atom. The zero-order valence-electron chi connectivity index (χ0n) is 34.4. The number of hydrogen-bond acceptors (Lipinski definition) is 2. The first-order valence-electron chi connectivity index (χ1n) is 21.5. The third-order valence-electron chi connectivity index (χ3n) is 12.4. The Labute approximate surface area is 370 Å². The normalized spacial score (nSPS) is 11.5. The number of aromatic nitrogens is 1. The van der Waals surface area contributed by atoms with Gasteiger partial charge in [0.05, 0.1) is 22.4 Å². The fourth-order valence-corrected chi connectivity index (χ4v) is 10.7. The van der Waals surface area contributed by atoms with Gasteiger partial charge in [-0.1, -0.05) is 194 Å². The molecule has 0 spiro atoms. The predicted molar refractivity (Wildman–Crippen MR) is 270 cm³/mol. The zero-order valence-corrected chi connectivity index (χ0v) is 35.2. The molecule has 2 aromatic heterocycles. The number of fused-ring (bicyclic) bond motifs is 6. The minimum absolute atomic E-state index is 1.08. The molecule has 0 fully saturated rings. The minimum atomic E-state index is 1.08. The molecule has 0 radical (unpaired) electrons. The van der Waals surface area contributed by atoms with E-state index in [1.807, 2.05) is 11.3 Å². The fraction of sp³-hybridized carbons (Fsp3) is 0. The summed E-state index contributed by atoms with van der Waals surface area (Å²) >= 11 is 1.88. The lowest BCUT2D eigenvalue weighted by Crippen LogP contribution is -2.11. The van der Waals surface area contributed by atoms with Crippen LogP contribution < -0.4 is 4.90 Å². The summed E-state index contributed by atoms with van der Waals surface area (Å²) in [6.07, 6.45) is 0. The van der Waals surface area contributed by atoms with E-state index in [-0.39, 0.29) is 0 Å². The van der Waals surface area contributed by atoms with Crippen LogP contribution in [0.3, 0.4) is 0 Å². The summed E-state index contributed by atoms with van der Waals surface area (Å²) in [5, 5.41) is 5.02. The quantitative estimate of drug-likeness (QED) is 0.148. The first-order valence-corrected chi connectivity index (χ1v) is 22.3. The molecule has 0 aliphatic carbocycles. The van der Waals surface area contributed by atoms with E-state index in [2.05, 4.69) is 252 Å². The highest BCUT2D eigenvalue weighted by Crippen LogP contribution is 2.47. The SMILES string of the molecule is c1ccc(-c2ccc(N(c3ccc4c5ccccc5n(-c5cc(-c6ccccc6)ccc5-c5ccccc5)c4c3)c3ccccc3-c3cccc4c3sc3ccccc34)cc2)cc1. The van der Waals surface area contributed by atoms with Gasteiger partial charge in [0.25, 0.3) is 0 Å². The van der Waals surface area contributed by atoms with Crippen LogP contribution in [0.4, 0.5) is 17.1 Å². The maximum atomic E-state index is 2.49. The van der Waals surface area contributed by atoms with Crippen molar-refractivity contribution in [3.63, 3.8) is 0 Å². The molecule has 0 aliphatic rings. The van der Waals surface area contributed by atoms with Crippen molar-refractivity contribution in [3.8, 4) is 50.2 Å². The third kappa shape index (κ3) is 6.41. The molecule has 0 amide bonds. The Hall–Kier alpha value is -7.98. The van der Waals surface area contributed by atoms with Gasteiger partial charge in [0.1, 0.15) is 0 Å². The average molecular weight is 821 g/mol. The zero-order chi connectivity index (χ0) is 41.7. The Kier molecular flexibility index (Phi) is 9.06. The molecule has 10 aromatic carbocycles. The largest absolute Gasteiger partial charge is 0.310 e. The van der Waals surface area contributed by atoms with Crippen molar-refractivity contribution in [1.29, 1.82) is 0 Å². The summed E-state index contributed by atoms with van der Waals surface area (Å²) < 4.78 is 5.09. The van der Waals surface area contributed by atoms with Crippen molar-refractivity contribution in [2.75, 3.05) is 4.90 Å². The lowest BCUT2D eigenvalue weighted by Gasteiger charge is -2.28. The van der Waals surface area contributed by atoms with Crippen molar-refractivity contribution in [2.45, 2.75) is 0 Å². The molecule has 0 unspecified atom stereocenters. The number of anilines is 3. The molecule has 0 N–H and O–H groups in total. The molecule has 12 aromatic rings. The van der Waals surface area contributed by atoms with Crippen LogP contribution in [0.2, 0.25) is 0 Å². The molecule has 0 saturated carbocycles. The molecule has 296 valence electrons.